The average Bonchev–Trinajstić information content (AvgIpc) is 2.14. The van der Waals surface area contributed by atoms with E-state index < -0.39 is 24.1 Å². The Balaban J connectivity index is 4.14. The van der Waals surface area contributed by atoms with Gasteiger partial charge in [0.05, 0.1) is 0 Å². The fraction of sp³-hybridized carbons (Fsp3) is 0.889. The molecule has 0 aliphatic rings. The van der Waals surface area contributed by atoms with Gasteiger partial charge in [0, 0.05) is 0 Å². The molecule has 0 amide bonds. The van der Waals surface area contributed by atoms with Gasteiger partial charge < -0.3 is 4.74 Å². The number of rotatable bonds is 6. The van der Waals surface area contributed by atoms with Crippen LogP contribution in [0.5, 0.6) is 0 Å². The number of carbonyl (C=O) groups is 1. The number of ether oxygens (including phenoxy) is 1. The molecular formula is C9H14ClF3O2. The van der Waals surface area contributed by atoms with E-state index in [2.05, 4.69) is 4.74 Å². The summed E-state index contributed by atoms with van der Waals surface area (Å²) in [5.74, 6) is -1.59. The van der Waals surface area contributed by atoms with Gasteiger partial charge in [-0.15, -0.1) is 11.6 Å². The molecule has 0 aromatic rings. The van der Waals surface area contributed by atoms with Crippen LogP contribution in [0.15, 0.2) is 0 Å². The highest BCUT2D eigenvalue weighted by Gasteiger charge is 2.42. The van der Waals surface area contributed by atoms with Gasteiger partial charge in [-0.1, -0.05) is 19.8 Å². The summed E-state index contributed by atoms with van der Waals surface area (Å²) in [6, 6.07) is 0. The summed E-state index contributed by atoms with van der Waals surface area (Å²) in [6.45, 7) is 1.88. The zero-order chi connectivity index (χ0) is 11.9. The molecule has 2 nitrogen and oxygen atoms in total. The lowest BCUT2D eigenvalue weighted by Gasteiger charge is -2.19. The molecule has 0 saturated carbocycles. The molecule has 6 heteroatoms. The Kier molecular flexibility index (Phi) is 6.72. The van der Waals surface area contributed by atoms with Crippen molar-refractivity contribution in [3.8, 4) is 0 Å². The minimum Gasteiger partial charge on any atom is -0.452 e. The van der Waals surface area contributed by atoms with E-state index in [9.17, 15) is 18.0 Å². The summed E-state index contributed by atoms with van der Waals surface area (Å²) in [4.78, 5) is 10.6. The predicted octanol–water partition coefficient (Wildman–Crippen LogP) is 3.28. The zero-order valence-corrected chi connectivity index (χ0v) is 9.20. The van der Waals surface area contributed by atoms with Gasteiger partial charge in [-0.25, -0.2) is 0 Å². The number of alkyl halides is 4. The van der Waals surface area contributed by atoms with Crippen LogP contribution in [0.3, 0.4) is 0 Å². The van der Waals surface area contributed by atoms with E-state index in [1.807, 2.05) is 6.92 Å². The Bertz CT molecular complexity index is 194. The smallest absolute Gasteiger partial charge is 0.425 e. The topological polar surface area (TPSA) is 26.3 Å². The first kappa shape index (κ1) is 14.6. The minimum absolute atomic E-state index is 0.194. The van der Waals surface area contributed by atoms with E-state index >= 15 is 0 Å². The number of unbranched alkanes of at least 4 members (excludes halogenated alkanes) is 2. The van der Waals surface area contributed by atoms with Crippen LogP contribution >= 0.6 is 11.6 Å². The van der Waals surface area contributed by atoms with E-state index in [0.29, 0.717) is 12.8 Å². The van der Waals surface area contributed by atoms with Crippen molar-refractivity contribution in [1.29, 1.82) is 0 Å². The second-order valence-corrected chi connectivity index (χ2v) is 3.42. The highest BCUT2D eigenvalue weighted by atomic mass is 35.5. The first-order valence-electron chi connectivity index (χ1n) is 4.74. The molecular weight excluding hydrogens is 233 g/mol. The molecule has 0 aromatic carbocycles. The van der Waals surface area contributed by atoms with Crippen LogP contribution in [0.2, 0.25) is 0 Å². The molecule has 15 heavy (non-hydrogen) atoms. The van der Waals surface area contributed by atoms with Gasteiger partial charge in [0.2, 0.25) is 0 Å². The second-order valence-electron chi connectivity index (χ2n) is 3.15. The molecule has 1 atom stereocenters. The predicted molar refractivity (Wildman–Crippen MR) is 50.8 cm³/mol. The van der Waals surface area contributed by atoms with Gasteiger partial charge in [0.15, 0.2) is 6.10 Å². The van der Waals surface area contributed by atoms with Crippen molar-refractivity contribution in [2.75, 3.05) is 5.88 Å². The highest BCUT2D eigenvalue weighted by molar-refractivity contribution is 6.26. The maximum atomic E-state index is 12.3. The van der Waals surface area contributed by atoms with E-state index in [4.69, 9.17) is 11.6 Å². The number of carbonyl (C=O) groups excluding carboxylic acids is 1. The van der Waals surface area contributed by atoms with Gasteiger partial charge in [-0.05, 0) is 12.8 Å². The van der Waals surface area contributed by atoms with Crippen LogP contribution in [-0.2, 0) is 9.53 Å². The van der Waals surface area contributed by atoms with Gasteiger partial charge in [0.1, 0.15) is 5.88 Å². The van der Waals surface area contributed by atoms with Crippen molar-refractivity contribution < 1.29 is 22.7 Å². The molecule has 0 heterocycles. The van der Waals surface area contributed by atoms with Crippen LogP contribution in [-0.4, -0.2) is 24.1 Å². The van der Waals surface area contributed by atoms with E-state index in [0.717, 1.165) is 6.42 Å². The third-order valence-electron chi connectivity index (χ3n) is 1.82. The van der Waals surface area contributed by atoms with Crippen molar-refractivity contribution in [2.24, 2.45) is 0 Å². The van der Waals surface area contributed by atoms with Gasteiger partial charge in [-0.2, -0.15) is 13.2 Å². The Morgan fingerprint density at radius 3 is 2.40 bits per heavy atom. The van der Waals surface area contributed by atoms with Gasteiger partial charge in [-0.3, -0.25) is 4.79 Å². The summed E-state index contributed by atoms with van der Waals surface area (Å²) in [6.07, 6.45) is -4.83. The third-order valence-corrected chi connectivity index (χ3v) is 2.04. The van der Waals surface area contributed by atoms with E-state index in [1.54, 1.807) is 0 Å². The van der Waals surface area contributed by atoms with Crippen LogP contribution in [0.25, 0.3) is 0 Å². The standard InChI is InChI=1S/C9H14ClF3O2/c1-2-3-4-5-7(9(11,12)13)15-8(14)6-10/h7H,2-6H2,1H3/t7-/m1/s1. The number of esters is 1. The zero-order valence-electron chi connectivity index (χ0n) is 8.44. The van der Waals surface area contributed by atoms with Gasteiger partial charge >= 0.3 is 12.1 Å². The molecule has 0 spiro atoms. The van der Waals surface area contributed by atoms with E-state index in [-0.39, 0.29) is 6.42 Å². The Morgan fingerprint density at radius 1 is 1.40 bits per heavy atom. The Hall–Kier alpha value is -0.450. The lowest BCUT2D eigenvalue weighted by Crippen LogP contribution is -2.34. The molecule has 90 valence electrons. The van der Waals surface area contributed by atoms with Crippen LogP contribution in [0.1, 0.15) is 32.6 Å². The maximum absolute atomic E-state index is 12.3. The minimum atomic E-state index is -4.50. The lowest BCUT2D eigenvalue weighted by atomic mass is 10.1. The lowest BCUT2D eigenvalue weighted by molar-refractivity contribution is -0.221. The molecule has 0 fully saturated rings. The summed E-state index contributed by atoms with van der Waals surface area (Å²) in [5, 5.41) is 0. The van der Waals surface area contributed by atoms with Gasteiger partial charge in [0.25, 0.3) is 0 Å². The summed E-state index contributed by atoms with van der Waals surface area (Å²) < 4.78 is 41.2. The number of hydrogen-bond acceptors (Lipinski definition) is 2. The quantitative estimate of drug-likeness (QED) is 0.408. The first-order chi connectivity index (χ1) is 6.91. The molecule has 0 rings (SSSR count). The van der Waals surface area contributed by atoms with Crippen LogP contribution in [0, 0.1) is 0 Å². The van der Waals surface area contributed by atoms with Crippen molar-refractivity contribution in [3.05, 3.63) is 0 Å². The SMILES string of the molecule is CCCCC[C@@H](OC(=O)CCl)C(F)(F)F. The Labute approximate surface area is 91.7 Å². The number of halogens is 4. The van der Waals surface area contributed by atoms with Crippen molar-refractivity contribution >= 4 is 17.6 Å². The molecule has 0 radical (unpaired) electrons. The number of hydrogen-bond donors (Lipinski definition) is 0. The Morgan fingerprint density at radius 2 is 2.00 bits per heavy atom. The first-order valence-corrected chi connectivity index (χ1v) is 5.27. The molecule has 0 unspecified atom stereocenters. The molecule has 0 bridgehead atoms. The fourth-order valence-electron chi connectivity index (χ4n) is 1.06. The summed E-state index contributed by atoms with van der Waals surface area (Å²) in [5.41, 5.74) is 0. The second kappa shape index (κ2) is 6.93. The third kappa shape index (κ3) is 6.60. The molecule has 0 aliphatic carbocycles. The van der Waals surface area contributed by atoms with Crippen LogP contribution in [0.4, 0.5) is 13.2 Å². The average molecular weight is 247 g/mol. The summed E-state index contributed by atoms with van der Waals surface area (Å²) >= 11 is 5.07. The summed E-state index contributed by atoms with van der Waals surface area (Å²) in [7, 11) is 0. The normalized spacial score (nSPS) is 13.7. The van der Waals surface area contributed by atoms with Crippen molar-refractivity contribution in [2.45, 2.75) is 44.9 Å². The van der Waals surface area contributed by atoms with Crippen LogP contribution < -0.4 is 0 Å². The van der Waals surface area contributed by atoms with Crippen molar-refractivity contribution in [1.82, 2.24) is 0 Å². The molecule has 0 aliphatic heterocycles. The fourth-order valence-corrected chi connectivity index (χ4v) is 1.12. The molecule has 0 N–H and O–H groups in total. The molecule has 0 aromatic heterocycles. The highest BCUT2D eigenvalue weighted by Crippen LogP contribution is 2.27. The molecule has 0 saturated heterocycles. The van der Waals surface area contributed by atoms with E-state index in [1.165, 1.54) is 0 Å². The maximum Gasteiger partial charge on any atom is 0.425 e. The van der Waals surface area contributed by atoms with Crippen molar-refractivity contribution in [3.63, 3.8) is 0 Å². The monoisotopic (exact) mass is 246 g/mol. The largest absolute Gasteiger partial charge is 0.452 e.